The van der Waals surface area contributed by atoms with Crippen molar-refractivity contribution in [3.63, 3.8) is 0 Å². The summed E-state index contributed by atoms with van der Waals surface area (Å²) in [7, 11) is 0. The third-order valence-corrected chi connectivity index (χ3v) is 4.78. The maximum Gasteiger partial charge on any atom is 0.244 e. The molecule has 0 radical (unpaired) electrons. The number of thiophene rings is 1. The third kappa shape index (κ3) is 4.46. The highest BCUT2D eigenvalue weighted by atomic mass is 32.1. The van der Waals surface area contributed by atoms with Crippen LogP contribution in [0.4, 0.5) is 5.69 Å². The summed E-state index contributed by atoms with van der Waals surface area (Å²) in [5, 5.41) is 7.03. The number of nitrogens with zero attached hydrogens (tertiary/aromatic N) is 1. The molecule has 0 bridgehead atoms. The van der Waals surface area contributed by atoms with Crippen LogP contribution in [0.3, 0.4) is 0 Å². The Hall–Kier alpha value is -2.11. The third-order valence-electron chi connectivity index (χ3n) is 4.08. The maximum atomic E-state index is 12.1. The number of hydrogen-bond acceptors (Lipinski definition) is 4. The summed E-state index contributed by atoms with van der Waals surface area (Å²) in [6, 6.07) is 10.3. The van der Waals surface area contributed by atoms with Crippen LogP contribution in [0.25, 0.3) is 6.08 Å². The highest BCUT2D eigenvalue weighted by molar-refractivity contribution is 7.08. The minimum Gasteiger partial charge on any atom is -0.378 e. The van der Waals surface area contributed by atoms with Gasteiger partial charge in [0.15, 0.2) is 0 Å². The van der Waals surface area contributed by atoms with Gasteiger partial charge in [-0.25, -0.2) is 0 Å². The van der Waals surface area contributed by atoms with Gasteiger partial charge in [0.1, 0.15) is 0 Å². The van der Waals surface area contributed by atoms with Gasteiger partial charge in [-0.15, -0.1) is 0 Å². The fourth-order valence-electron chi connectivity index (χ4n) is 2.70. The Morgan fingerprint density at radius 2 is 2.17 bits per heavy atom. The van der Waals surface area contributed by atoms with Crippen molar-refractivity contribution in [2.45, 2.75) is 13.0 Å². The van der Waals surface area contributed by atoms with Crippen LogP contribution < -0.4 is 10.2 Å². The second-order valence-electron chi connectivity index (χ2n) is 5.81. The zero-order valence-electron chi connectivity index (χ0n) is 13.8. The molecule has 0 saturated carbocycles. The molecule has 1 aliphatic heterocycles. The van der Waals surface area contributed by atoms with E-state index in [-0.39, 0.29) is 11.9 Å². The van der Waals surface area contributed by atoms with Crippen molar-refractivity contribution in [3.05, 3.63) is 58.3 Å². The number of amides is 1. The van der Waals surface area contributed by atoms with Crippen molar-refractivity contribution in [2.75, 3.05) is 31.2 Å². The van der Waals surface area contributed by atoms with E-state index in [2.05, 4.69) is 28.4 Å². The van der Waals surface area contributed by atoms with E-state index >= 15 is 0 Å². The second-order valence-corrected chi connectivity index (χ2v) is 6.59. The first-order valence-corrected chi connectivity index (χ1v) is 9.10. The average molecular weight is 342 g/mol. The molecular formula is C19H22N2O2S. The Labute approximate surface area is 146 Å². The monoisotopic (exact) mass is 342 g/mol. The topological polar surface area (TPSA) is 41.6 Å². The maximum absolute atomic E-state index is 12.1. The van der Waals surface area contributed by atoms with Gasteiger partial charge in [0.25, 0.3) is 0 Å². The molecule has 0 unspecified atom stereocenters. The highest BCUT2D eigenvalue weighted by Crippen LogP contribution is 2.21. The molecule has 1 aromatic carbocycles. The molecule has 1 saturated heterocycles. The Morgan fingerprint density at radius 1 is 1.33 bits per heavy atom. The molecule has 1 N–H and O–H groups in total. The molecule has 126 valence electrons. The van der Waals surface area contributed by atoms with Crippen LogP contribution in [0.15, 0.2) is 47.2 Å². The van der Waals surface area contributed by atoms with Crippen LogP contribution in [0.2, 0.25) is 0 Å². The van der Waals surface area contributed by atoms with Crippen molar-refractivity contribution in [3.8, 4) is 0 Å². The van der Waals surface area contributed by atoms with Crippen LogP contribution in [0.1, 0.15) is 24.1 Å². The van der Waals surface area contributed by atoms with Crippen molar-refractivity contribution in [1.82, 2.24) is 5.32 Å². The van der Waals surface area contributed by atoms with Crippen molar-refractivity contribution in [1.29, 1.82) is 0 Å². The number of ether oxygens (including phenoxy) is 1. The number of morpholine rings is 1. The minimum absolute atomic E-state index is 0.0365. The quantitative estimate of drug-likeness (QED) is 0.846. The van der Waals surface area contributed by atoms with Gasteiger partial charge in [-0.3, -0.25) is 4.79 Å². The summed E-state index contributed by atoms with van der Waals surface area (Å²) in [4.78, 5) is 14.4. The fourth-order valence-corrected chi connectivity index (χ4v) is 3.33. The zero-order valence-corrected chi connectivity index (χ0v) is 14.6. The number of carbonyl (C=O) groups is 1. The summed E-state index contributed by atoms with van der Waals surface area (Å²) in [6.07, 6.45) is 3.42. The van der Waals surface area contributed by atoms with E-state index < -0.39 is 0 Å². The number of hydrogen-bond donors (Lipinski definition) is 1. The molecule has 3 rings (SSSR count). The molecule has 2 aromatic rings. The second kappa shape index (κ2) is 8.13. The molecule has 24 heavy (non-hydrogen) atoms. The number of rotatable bonds is 5. The molecule has 2 heterocycles. The molecule has 0 aliphatic carbocycles. The van der Waals surface area contributed by atoms with Crippen molar-refractivity contribution < 1.29 is 9.53 Å². The lowest BCUT2D eigenvalue weighted by molar-refractivity contribution is -0.117. The first-order valence-electron chi connectivity index (χ1n) is 8.16. The predicted molar refractivity (Wildman–Crippen MR) is 99.4 cm³/mol. The number of nitrogens with one attached hydrogen (secondary N) is 1. The van der Waals surface area contributed by atoms with E-state index in [0.29, 0.717) is 0 Å². The first kappa shape index (κ1) is 16.7. The van der Waals surface area contributed by atoms with Gasteiger partial charge in [0.05, 0.1) is 19.3 Å². The van der Waals surface area contributed by atoms with Crippen LogP contribution in [0.5, 0.6) is 0 Å². The van der Waals surface area contributed by atoms with E-state index in [1.807, 2.05) is 35.9 Å². The van der Waals surface area contributed by atoms with E-state index in [9.17, 15) is 4.79 Å². The summed E-state index contributed by atoms with van der Waals surface area (Å²) in [6.45, 7) is 5.36. The Morgan fingerprint density at radius 3 is 2.92 bits per heavy atom. The van der Waals surface area contributed by atoms with E-state index in [1.54, 1.807) is 17.4 Å². The predicted octanol–water partition coefficient (Wildman–Crippen LogP) is 3.48. The standard InChI is InChI=1S/C19H22N2O2S/c1-15(20-19(22)6-5-16-7-12-24-14-16)17-3-2-4-18(13-17)21-8-10-23-11-9-21/h2-7,12-15H,8-11H2,1H3,(H,20,22)/b6-5+/t15-/m0/s1. The molecule has 1 aromatic heterocycles. The largest absolute Gasteiger partial charge is 0.378 e. The van der Waals surface area contributed by atoms with Gasteiger partial charge in [-0.2, -0.15) is 11.3 Å². The van der Waals surface area contributed by atoms with E-state index in [4.69, 9.17) is 4.74 Å². The molecule has 5 heteroatoms. The lowest BCUT2D eigenvalue weighted by Crippen LogP contribution is -2.36. The molecule has 1 aliphatic rings. The van der Waals surface area contributed by atoms with E-state index in [0.717, 1.165) is 37.4 Å². The number of benzene rings is 1. The zero-order chi connectivity index (χ0) is 16.8. The number of carbonyl (C=O) groups excluding carboxylic acids is 1. The molecular weight excluding hydrogens is 320 g/mol. The normalized spacial score (nSPS) is 16.3. The van der Waals surface area contributed by atoms with E-state index in [1.165, 1.54) is 5.69 Å². The SMILES string of the molecule is C[C@H](NC(=O)/C=C/c1ccsc1)c1cccc(N2CCOCC2)c1. The summed E-state index contributed by atoms with van der Waals surface area (Å²) in [5.41, 5.74) is 3.35. The first-order chi connectivity index (χ1) is 11.7. The average Bonchev–Trinajstić information content (AvgIpc) is 3.14. The molecule has 1 fully saturated rings. The van der Waals surface area contributed by atoms with Gasteiger partial charge < -0.3 is 15.0 Å². The number of anilines is 1. The lowest BCUT2D eigenvalue weighted by Gasteiger charge is -2.29. The van der Waals surface area contributed by atoms with Gasteiger partial charge in [-0.1, -0.05) is 12.1 Å². The molecule has 1 atom stereocenters. The highest BCUT2D eigenvalue weighted by Gasteiger charge is 2.13. The molecule has 4 nitrogen and oxygen atoms in total. The van der Waals surface area contributed by atoms with Crippen molar-refractivity contribution >= 4 is 29.0 Å². The van der Waals surface area contributed by atoms with Gasteiger partial charge in [0, 0.05) is 24.9 Å². The van der Waals surface area contributed by atoms with Crippen molar-refractivity contribution in [2.24, 2.45) is 0 Å². The Kier molecular flexibility index (Phi) is 5.67. The fraction of sp³-hybridized carbons (Fsp3) is 0.316. The summed E-state index contributed by atoms with van der Waals surface area (Å²) < 4.78 is 5.40. The Balaban J connectivity index is 1.61. The van der Waals surface area contributed by atoms with Crippen LogP contribution >= 0.6 is 11.3 Å². The van der Waals surface area contributed by atoms with Gasteiger partial charge in [0.2, 0.25) is 5.91 Å². The lowest BCUT2D eigenvalue weighted by atomic mass is 10.1. The molecule has 0 spiro atoms. The smallest absolute Gasteiger partial charge is 0.244 e. The van der Waals surface area contributed by atoms with Gasteiger partial charge >= 0.3 is 0 Å². The van der Waals surface area contributed by atoms with Crippen LogP contribution in [-0.4, -0.2) is 32.2 Å². The summed E-state index contributed by atoms with van der Waals surface area (Å²) in [5.74, 6) is -0.0783. The molecule has 1 amide bonds. The summed E-state index contributed by atoms with van der Waals surface area (Å²) >= 11 is 1.62. The Bertz CT molecular complexity index is 691. The van der Waals surface area contributed by atoms with Crippen LogP contribution in [0, 0.1) is 0 Å². The minimum atomic E-state index is -0.0783. The van der Waals surface area contributed by atoms with Crippen LogP contribution in [-0.2, 0) is 9.53 Å². The van der Waals surface area contributed by atoms with Gasteiger partial charge in [-0.05, 0) is 53.1 Å².